The van der Waals surface area contributed by atoms with E-state index in [4.69, 9.17) is 9.47 Å². The third-order valence-electron chi connectivity index (χ3n) is 5.26. The molecule has 1 aliphatic rings. The molecule has 0 aromatic heterocycles. The minimum atomic E-state index is -0.571. The van der Waals surface area contributed by atoms with Crippen molar-refractivity contribution in [1.82, 2.24) is 4.90 Å². The fourth-order valence-electron chi connectivity index (χ4n) is 3.73. The summed E-state index contributed by atoms with van der Waals surface area (Å²) in [6.45, 7) is 4.90. The van der Waals surface area contributed by atoms with E-state index in [0.717, 1.165) is 24.3 Å². The summed E-state index contributed by atoms with van der Waals surface area (Å²) in [6.07, 6.45) is 2.29. The topological polar surface area (TPSA) is 108 Å². The van der Waals surface area contributed by atoms with Crippen LogP contribution in [-0.2, 0) is 9.53 Å². The number of hydrogen-bond acceptors (Lipinski definition) is 9. The molecule has 0 radical (unpaired) electrons. The van der Waals surface area contributed by atoms with Gasteiger partial charge >= 0.3 is 5.97 Å². The number of benzene rings is 1. The number of carbonyl (C=O) groups excluding carboxylic acids is 2. The molecule has 0 spiro atoms. The van der Waals surface area contributed by atoms with Crippen molar-refractivity contribution in [3.63, 3.8) is 0 Å². The van der Waals surface area contributed by atoms with Gasteiger partial charge in [0, 0.05) is 19.0 Å². The molecule has 0 N–H and O–H groups in total. The summed E-state index contributed by atoms with van der Waals surface area (Å²) in [5, 5.41) is 11.8. The second-order valence-electron chi connectivity index (χ2n) is 7.29. The van der Waals surface area contributed by atoms with Gasteiger partial charge in [0.15, 0.2) is 11.5 Å². The Morgan fingerprint density at radius 3 is 2.48 bits per heavy atom. The zero-order valence-electron chi connectivity index (χ0n) is 19.5. The molecule has 0 saturated carbocycles. The van der Waals surface area contributed by atoms with Gasteiger partial charge in [-0.3, -0.25) is 19.7 Å². The summed E-state index contributed by atoms with van der Waals surface area (Å²) in [6, 6.07) is 2.64. The van der Waals surface area contributed by atoms with Crippen LogP contribution in [0.25, 0.3) is 0 Å². The molecular weight excluding hydrogens is 468 g/mol. The number of nitrogens with zero attached hydrogens (tertiary/aromatic N) is 2. The van der Waals surface area contributed by atoms with Crippen molar-refractivity contribution in [2.75, 3.05) is 38.9 Å². The zero-order chi connectivity index (χ0) is 24.4. The number of hydrogen-bond donors (Lipinski definition) is 0. The molecule has 1 saturated heterocycles. The van der Waals surface area contributed by atoms with Crippen LogP contribution in [-0.4, -0.2) is 71.2 Å². The SMILES string of the molecule is CCSC(SCC)[C@@H]1CCCN1C(=O)c1cc(OC)c(OCCCC(=O)OC)cc1[N+](=O)[O-]. The molecular formula is C22H32N2O7S2. The Kier molecular flexibility index (Phi) is 11.1. The van der Waals surface area contributed by atoms with Crippen molar-refractivity contribution in [2.24, 2.45) is 0 Å². The second-order valence-corrected chi connectivity index (χ2v) is 10.4. The lowest BCUT2D eigenvalue weighted by atomic mass is 10.1. The van der Waals surface area contributed by atoms with E-state index in [0.29, 0.717) is 13.0 Å². The van der Waals surface area contributed by atoms with Crippen molar-refractivity contribution in [1.29, 1.82) is 0 Å². The lowest BCUT2D eigenvalue weighted by Crippen LogP contribution is -2.41. The van der Waals surface area contributed by atoms with Crippen LogP contribution < -0.4 is 9.47 Å². The molecule has 0 bridgehead atoms. The van der Waals surface area contributed by atoms with Crippen LogP contribution in [0.1, 0.15) is 49.9 Å². The summed E-state index contributed by atoms with van der Waals surface area (Å²) in [4.78, 5) is 37.8. The third kappa shape index (κ3) is 7.17. The maximum Gasteiger partial charge on any atom is 0.305 e. The van der Waals surface area contributed by atoms with Crippen LogP contribution in [0, 0.1) is 10.1 Å². The van der Waals surface area contributed by atoms with E-state index in [9.17, 15) is 19.7 Å². The first-order chi connectivity index (χ1) is 15.9. The fourth-order valence-corrected chi connectivity index (χ4v) is 6.59. The Balaban J connectivity index is 2.29. The molecule has 1 aliphatic heterocycles. The van der Waals surface area contributed by atoms with Crippen molar-refractivity contribution in [3.05, 3.63) is 27.8 Å². The first kappa shape index (κ1) is 27.1. The van der Waals surface area contributed by atoms with E-state index < -0.39 is 4.92 Å². The van der Waals surface area contributed by atoms with E-state index in [-0.39, 0.29) is 58.3 Å². The fraction of sp³-hybridized carbons (Fsp3) is 0.636. The molecule has 11 heteroatoms. The van der Waals surface area contributed by atoms with Gasteiger partial charge in [0.1, 0.15) is 5.56 Å². The number of nitro benzene ring substituents is 1. The molecule has 1 amide bonds. The quantitative estimate of drug-likeness (QED) is 0.128. The molecule has 1 heterocycles. The highest BCUT2D eigenvalue weighted by atomic mass is 32.2. The lowest BCUT2D eigenvalue weighted by Gasteiger charge is -2.31. The van der Waals surface area contributed by atoms with Crippen molar-refractivity contribution in [2.45, 2.75) is 50.2 Å². The highest BCUT2D eigenvalue weighted by molar-refractivity contribution is 8.17. The number of nitro groups is 1. The third-order valence-corrected chi connectivity index (χ3v) is 8.02. The summed E-state index contributed by atoms with van der Waals surface area (Å²) >= 11 is 3.62. The Morgan fingerprint density at radius 2 is 1.91 bits per heavy atom. The van der Waals surface area contributed by atoms with Gasteiger partial charge in [-0.2, -0.15) is 0 Å². The van der Waals surface area contributed by atoms with Crippen LogP contribution in [0.4, 0.5) is 5.69 Å². The lowest BCUT2D eigenvalue weighted by molar-refractivity contribution is -0.385. The molecule has 33 heavy (non-hydrogen) atoms. The monoisotopic (exact) mass is 500 g/mol. The number of ether oxygens (including phenoxy) is 3. The summed E-state index contributed by atoms with van der Waals surface area (Å²) in [7, 11) is 2.72. The first-order valence-electron chi connectivity index (χ1n) is 11.0. The summed E-state index contributed by atoms with van der Waals surface area (Å²) < 4.78 is 15.8. The average molecular weight is 501 g/mol. The maximum atomic E-state index is 13.5. The minimum Gasteiger partial charge on any atom is -0.493 e. The van der Waals surface area contributed by atoms with Crippen LogP contribution in [0.15, 0.2) is 12.1 Å². The van der Waals surface area contributed by atoms with Gasteiger partial charge in [-0.15, -0.1) is 23.5 Å². The molecule has 2 rings (SSSR count). The molecule has 1 atom stereocenters. The van der Waals surface area contributed by atoms with E-state index >= 15 is 0 Å². The van der Waals surface area contributed by atoms with Gasteiger partial charge in [0.05, 0.1) is 42.4 Å². The van der Waals surface area contributed by atoms with Gasteiger partial charge in [0.2, 0.25) is 0 Å². The molecule has 1 aromatic rings. The largest absolute Gasteiger partial charge is 0.493 e. The van der Waals surface area contributed by atoms with E-state index in [1.165, 1.54) is 26.4 Å². The number of amides is 1. The van der Waals surface area contributed by atoms with Crippen LogP contribution in [0.2, 0.25) is 0 Å². The Bertz CT molecular complexity index is 831. The van der Waals surface area contributed by atoms with E-state index in [1.807, 2.05) is 23.5 Å². The predicted octanol–water partition coefficient (Wildman–Crippen LogP) is 4.37. The number of esters is 1. The van der Waals surface area contributed by atoms with Gasteiger partial charge in [-0.05, 0) is 30.8 Å². The normalized spacial score (nSPS) is 15.5. The summed E-state index contributed by atoms with van der Waals surface area (Å²) in [5.74, 6) is 1.54. The molecule has 184 valence electrons. The van der Waals surface area contributed by atoms with Crippen LogP contribution >= 0.6 is 23.5 Å². The van der Waals surface area contributed by atoms with Gasteiger partial charge in [-0.1, -0.05) is 13.8 Å². The Morgan fingerprint density at radius 1 is 1.21 bits per heavy atom. The van der Waals surface area contributed by atoms with Gasteiger partial charge < -0.3 is 19.1 Å². The Labute approximate surface area is 203 Å². The van der Waals surface area contributed by atoms with Crippen LogP contribution in [0.3, 0.4) is 0 Å². The highest BCUT2D eigenvalue weighted by Gasteiger charge is 2.38. The first-order valence-corrected chi connectivity index (χ1v) is 13.1. The predicted molar refractivity (Wildman–Crippen MR) is 131 cm³/mol. The number of likely N-dealkylation sites (tertiary alicyclic amines) is 1. The molecule has 9 nitrogen and oxygen atoms in total. The smallest absolute Gasteiger partial charge is 0.305 e. The number of carbonyl (C=O) groups is 2. The molecule has 1 fully saturated rings. The highest BCUT2D eigenvalue weighted by Crippen LogP contribution is 2.39. The van der Waals surface area contributed by atoms with Crippen molar-refractivity contribution < 1.29 is 28.7 Å². The van der Waals surface area contributed by atoms with Gasteiger partial charge in [-0.25, -0.2) is 0 Å². The summed E-state index contributed by atoms with van der Waals surface area (Å²) in [5.41, 5.74) is -0.329. The number of rotatable bonds is 13. The molecule has 0 aliphatic carbocycles. The van der Waals surface area contributed by atoms with Crippen molar-refractivity contribution >= 4 is 41.1 Å². The Hall–Kier alpha value is -2.14. The molecule has 0 unspecified atom stereocenters. The maximum absolute atomic E-state index is 13.5. The standard InChI is InChI=1S/C22H32N2O7S2/c1-5-32-22(33-6-2)16-9-7-11-23(16)21(26)15-13-18(29-3)19(14-17(15)24(27)28)31-12-8-10-20(25)30-4/h13-14,16,22H,5-12H2,1-4H3/t16-/m0/s1. The number of methoxy groups -OCH3 is 2. The van der Waals surface area contributed by atoms with Crippen LogP contribution in [0.5, 0.6) is 11.5 Å². The molecule has 1 aromatic carbocycles. The van der Waals surface area contributed by atoms with E-state index in [1.54, 1.807) is 4.90 Å². The van der Waals surface area contributed by atoms with E-state index in [2.05, 4.69) is 18.6 Å². The second kappa shape index (κ2) is 13.5. The van der Waals surface area contributed by atoms with Crippen molar-refractivity contribution in [3.8, 4) is 11.5 Å². The number of thioether (sulfide) groups is 2. The zero-order valence-corrected chi connectivity index (χ0v) is 21.2. The van der Waals surface area contributed by atoms with Gasteiger partial charge in [0.25, 0.3) is 11.6 Å². The average Bonchev–Trinajstić information content (AvgIpc) is 3.30. The minimum absolute atomic E-state index is 0.00703.